The second kappa shape index (κ2) is 6.05. The van der Waals surface area contributed by atoms with Crippen molar-refractivity contribution in [1.29, 1.82) is 0 Å². The summed E-state index contributed by atoms with van der Waals surface area (Å²) in [5.41, 5.74) is 0.237. The number of hydrogen-bond acceptors (Lipinski definition) is 1. The van der Waals surface area contributed by atoms with Gasteiger partial charge < -0.3 is 5.11 Å². The van der Waals surface area contributed by atoms with Crippen molar-refractivity contribution in [2.45, 2.75) is 32.4 Å². The number of aliphatic hydroxyl groups excluding tert-OH is 1. The van der Waals surface area contributed by atoms with Crippen LogP contribution < -0.4 is 0 Å². The molecule has 2 rings (SSSR count). The number of halogens is 3. The van der Waals surface area contributed by atoms with Crippen molar-refractivity contribution in [2.75, 3.05) is 6.61 Å². The number of alkyl halides is 3. The number of hydrogen-bond donors (Lipinski definition) is 1. The fraction of sp³-hybridized carbons (Fsp3) is 0.538. The van der Waals surface area contributed by atoms with Crippen molar-refractivity contribution in [2.24, 2.45) is 5.92 Å². The molecule has 1 N–H and O–H groups in total. The molecule has 0 aromatic heterocycles. The first kappa shape index (κ1) is 14.0. The first-order chi connectivity index (χ1) is 7.93. The maximum absolute atomic E-state index is 11.9. The van der Waals surface area contributed by atoms with E-state index < -0.39 is 11.7 Å². The largest absolute Gasteiger partial charge is 0.416 e. The third kappa shape index (κ3) is 4.77. The van der Waals surface area contributed by atoms with Crippen molar-refractivity contribution in [3.05, 3.63) is 35.4 Å². The van der Waals surface area contributed by atoms with Gasteiger partial charge in [0.05, 0.1) is 5.56 Å². The minimum absolute atomic E-state index is 0.417. The second-order valence-corrected chi connectivity index (χ2v) is 4.34. The van der Waals surface area contributed by atoms with Crippen LogP contribution in [0.5, 0.6) is 0 Å². The standard InChI is InChI=1S/C8H7F3.C5H10O/c1-6-2-4-7(5-3-6)8(9,10)11;6-4-5-2-1-3-5/h2-5H,1H3;5-6H,1-4H2. The SMILES string of the molecule is Cc1ccc(C(F)(F)F)cc1.OCC1CCC1. The first-order valence-corrected chi connectivity index (χ1v) is 5.68. The molecule has 4 heteroatoms. The summed E-state index contributed by atoms with van der Waals surface area (Å²) in [6.45, 7) is 2.17. The van der Waals surface area contributed by atoms with Gasteiger partial charge in [0.1, 0.15) is 0 Å². The molecule has 0 unspecified atom stereocenters. The zero-order chi connectivity index (χ0) is 12.9. The Morgan fingerprint density at radius 3 is 1.94 bits per heavy atom. The zero-order valence-corrected chi connectivity index (χ0v) is 9.80. The normalized spacial score (nSPS) is 15.8. The lowest BCUT2D eigenvalue weighted by Gasteiger charge is -2.21. The molecule has 0 spiro atoms. The molecule has 1 aliphatic rings. The van der Waals surface area contributed by atoms with Crippen LogP contribution in [0.25, 0.3) is 0 Å². The minimum atomic E-state index is -4.21. The highest BCUT2D eigenvalue weighted by Crippen LogP contribution is 2.28. The molecule has 0 radical (unpaired) electrons. The topological polar surface area (TPSA) is 20.2 Å². The quantitative estimate of drug-likeness (QED) is 0.799. The van der Waals surface area contributed by atoms with Gasteiger partial charge in [0.15, 0.2) is 0 Å². The van der Waals surface area contributed by atoms with Gasteiger partial charge in [0.25, 0.3) is 0 Å². The Morgan fingerprint density at radius 2 is 1.71 bits per heavy atom. The Hall–Kier alpha value is -1.03. The van der Waals surface area contributed by atoms with Gasteiger partial charge in [-0.1, -0.05) is 24.1 Å². The molecule has 0 amide bonds. The number of benzene rings is 1. The predicted octanol–water partition coefficient (Wildman–Crippen LogP) is 3.79. The van der Waals surface area contributed by atoms with Crippen LogP contribution >= 0.6 is 0 Å². The Morgan fingerprint density at radius 1 is 1.18 bits per heavy atom. The van der Waals surface area contributed by atoms with Crippen molar-refractivity contribution < 1.29 is 18.3 Å². The highest BCUT2D eigenvalue weighted by molar-refractivity contribution is 5.23. The van der Waals surface area contributed by atoms with Crippen LogP contribution in [0.1, 0.15) is 30.4 Å². The summed E-state index contributed by atoms with van der Waals surface area (Å²) in [6.07, 6.45) is -0.355. The van der Waals surface area contributed by atoms with E-state index in [1.54, 1.807) is 6.92 Å². The Bertz CT molecular complexity index is 323. The van der Waals surface area contributed by atoms with E-state index in [0.29, 0.717) is 12.5 Å². The van der Waals surface area contributed by atoms with E-state index in [-0.39, 0.29) is 0 Å². The summed E-state index contributed by atoms with van der Waals surface area (Å²) in [5, 5.41) is 8.39. The highest BCUT2D eigenvalue weighted by Gasteiger charge is 2.29. The van der Waals surface area contributed by atoms with Crippen LogP contribution in [-0.4, -0.2) is 11.7 Å². The third-order valence-corrected chi connectivity index (χ3v) is 2.86. The number of rotatable bonds is 1. The van der Waals surface area contributed by atoms with Crippen LogP contribution in [0.3, 0.4) is 0 Å². The summed E-state index contributed by atoms with van der Waals surface area (Å²) in [4.78, 5) is 0. The lowest BCUT2D eigenvalue weighted by molar-refractivity contribution is -0.137. The molecular weight excluding hydrogens is 229 g/mol. The smallest absolute Gasteiger partial charge is 0.396 e. The second-order valence-electron chi connectivity index (χ2n) is 4.34. The summed E-state index contributed by atoms with van der Waals surface area (Å²) >= 11 is 0. The van der Waals surface area contributed by atoms with Gasteiger partial charge in [-0.25, -0.2) is 0 Å². The molecule has 0 atom stereocenters. The van der Waals surface area contributed by atoms with E-state index >= 15 is 0 Å². The van der Waals surface area contributed by atoms with Crippen LogP contribution in [0.2, 0.25) is 0 Å². The van der Waals surface area contributed by atoms with Crippen molar-refractivity contribution >= 4 is 0 Å². The fourth-order valence-corrected chi connectivity index (χ4v) is 1.42. The monoisotopic (exact) mass is 246 g/mol. The van der Waals surface area contributed by atoms with Crippen LogP contribution in [0, 0.1) is 12.8 Å². The molecule has 0 aliphatic heterocycles. The van der Waals surface area contributed by atoms with E-state index in [2.05, 4.69) is 0 Å². The van der Waals surface area contributed by atoms with Gasteiger partial charge >= 0.3 is 6.18 Å². The summed E-state index contributed by atoms with van der Waals surface area (Å²) in [5.74, 6) is 0.671. The van der Waals surface area contributed by atoms with Crippen molar-refractivity contribution in [3.63, 3.8) is 0 Å². The zero-order valence-electron chi connectivity index (χ0n) is 9.80. The molecule has 0 heterocycles. The number of aryl methyl sites for hydroxylation is 1. The lowest BCUT2D eigenvalue weighted by atomic mass is 9.86. The molecule has 1 nitrogen and oxygen atoms in total. The molecule has 1 fully saturated rings. The van der Waals surface area contributed by atoms with E-state index in [1.807, 2.05) is 0 Å². The Kier molecular flexibility index (Phi) is 5.00. The maximum atomic E-state index is 11.9. The maximum Gasteiger partial charge on any atom is 0.416 e. The van der Waals surface area contributed by atoms with E-state index in [0.717, 1.165) is 17.7 Å². The summed E-state index contributed by atoms with van der Waals surface area (Å²) in [7, 11) is 0. The lowest BCUT2D eigenvalue weighted by Crippen LogP contribution is -2.14. The average Bonchev–Trinajstić information content (AvgIpc) is 2.16. The van der Waals surface area contributed by atoms with Crippen molar-refractivity contribution in [3.8, 4) is 0 Å². The van der Waals surface area contributed by atoms with Gasteiger partial charge in [0.2, 0.25) is 0 Å². The molecule has 0 bridgehead atoms. The van der Waals surface area contributed by atoms with Crippen LogP contribution in [0.15, 0.2) is 24.3 Å². The first-order valence-electron chi connectivity index (χ1n) is 5.68. The van der Waals surface area contributed by atoms with Crippen LogP contribution in [0.4, 0.5) is 13.2 Å². The predicted molar refractivity (Wildman–Crippen MR) is 60.6 cm³/mol. The highest BCUT2D eigenvalue weighted by atomic mass is 19.4. The van der Waals surface area contributed by atoms with E-state index in [4.69, 9.17) is 5.11 Å². The third-order valence-electron chi connectivity index (χ3n) is 2.86. The van der Waals surface area contributed by atoms with Gasteiger partial charge in [-0.2, -0.15) is 13.2 Å². The Balaban J connectivity index is 0.000000202. The average molecular weight is 246 g/mol. The van der Waals surface area contributed by atoms with E-state index in [1.165, 1.54) is 31.4 Å². The minimum Gasteiger partial charge on any atom is -0.396 e. The molecule has 96 valence electrons. The molecule has 1 aliphatic carbocycles. The molecule has 17 heavy (non-hydrogen) atoms. The summed E-state index contributed by atoms with van der Waals surface area (Å²) < 4.78 is 35.8. The Labute approximate surface area is 99.3 Å². The molecule has 0 saturated heterocycles. The molecule has 1 aromatic carbocycles. The van der Waals surface area contributed by atoms with Gasteiger partial charge in [-0.15, -0.1) is 0 Å². The van der Waals surface area contributed by atoms with E-state index in [9.17, 15) is 13.2 Å². The molecular formula is C13H17F3O. The molecule has 1 aromatic rings. The summed E-state index contributed by atoms with van der Waals surface area (Å²) in [6, 6.07) is 5.05. The number of aliphatic hydroxyl groups is 1. The van der Waals surface area contributed by atoms with Gasteiger partial charge in [-0.05, 0) is 37.8 Å². The molecule has 1 saturated carbocycles. The van der Waals surface area contributed by atoms with Gasteiger partial charge in [-0.3, -0.25) is 0 Å². The van der Waals surface area contributed by atoms with Gasteiger partial charge in [0, 0.05) is 6.61 Å². The van der Waals surface area contributed by atoms with Crippen LogP contribution in [-0.2, 0) is 6.18 Å². The van der Waals surface area contributed by atoms with Crippen molar-refractivity contribution in [1.82, 2.24) is 0 Å². The fourth-order valence-electron chi connectivity index (χ4n) is 1.42.